The normalized spacial score (nSPS) is 12.1. The molecule has 4 N–H and O–H groups in total. The number of esters is 1. The number of nitrogens with two attached hydrogens (primary N) is 1. The average molecular weight is 412 g/mol. The number of benzene rings is 2. The fourth-order valence-corrected chi connectivity index (χ4v) is 2.77. The maximum absolute atomic E-state index is 12.7. The molecule has 7 heteroatoms. The first-order chi connectivity index (χ1) is 14.1. The zero-order valence-electron chi connectivity index (χ0n) is 17.5. The Hall–Kier alpha value is -3.19. The summed E-state index contributed by atoms with van der Waals surface area (Å²) in [5, 5.41) is 12.2. The maximum atomic E-state index is 12.7. The van der Waals surface area contributed by atoms with E-state index in [1.807, 2.05) is 30.3 Å². The Bertz CT molecular complexity index is 904. The molecule has 0 aliphatic heterocycles. The van der Waals surface area contributed by atoms with Crippen molar-refractivity contribution in [2.75, 3.05) is 6.54 Å². The smallest absolute Gasteiger partial charge is 0.325 e. The molecule has 0 aliphatic rings. The van der Waals surface area contributed by atoms with E-state index in [-0.39, 0.29) is 31.1 Å². The summed E-state index contributed by atoms with van der Waals surface area (Å²) >= 11 is 0. The van der Waals surface area contributed by atoms with Crippen LogP contribution in [-0.2, 0) is 27.4 Å². The molecule has 0 aromatic heterocycles. The number of carbonyl (C=O) groups is 3. The largest absolute Gasteiger partial charge is 0.508 e. The zero-order valence-corrected chi connectivity index (χ0v) is 17.5. The SMILES string of the molecule is CC(C)(C)C(=O)c1cc(O)ccc1C[C@H](N)C(=O)NCC(=O)OCc1ccccc1. The van der Waals surface area contributed by atoms with Crippen LogP contribution in [0.1, 0.15) is 42.3 Å². The molecule has 1 atom stereocenters. The van der Waals surface area contributed by atoms with Crippen molar-refractivity contribution in [1.82, 2.24) is 5.32 Å². The number of phenolic OH excluding ortho intramolecular Hbond substituents is 1. The van der Waals surface area contributed by atoms with Crippen LogP contribution in [0.15, 0.2) is 48.5 Å². The van der Waals surface area contributed by atoms with Gasteiger partial charge in [-0.05, 0) is 29.7 Å². The molecule has 2 rings (SSSR count). The molecule has 30 heavy (non-hydrogen) atoms. The lowest BCUT2D eigenvalue weighted by molar-refractivity contribution is -0.145. The van der Waals surface area contributed by atoms with Gasteiger partial charge >= 0.3 is 5.97 Å². The highest BCUT2D eigenvalue weighted by atomic mass is 16.5. The van der Waals surface area contributed by atoms with Gasteiger partial charge < -0.3 is 20.9 Å². The Kier molecular flexibility index (Phi) is 7.72. The van der Waals surface area contributed by atoms with E-state index in [4.69, 9.17) is 10.5 Å². The molecule has 0 bridgehead atoms. The van der Waals surface area contributed by atoms with Crippen LogP contribution in [0.25, 0.3) is 0 Å². The molecule has 0 spiro atoms. The zero-order chi connectivity index (χ0) is 22.3. The second kappa shape index (κ2) is 10.0. The van der Waals surface area contributed by atoms with Gasteiger partial charge in [-0.25, -0.2) is 0 Å². The first-order valence-electron chi connectivity index (χ1n) is 9.67. The Morgan fingerprint density at radius 2 is 1.77 bits per heavy atom. The van der Waals surface area contributed by atoms with Crippen LogP contribution < -0.4 is 11.1 Å². The third-order valence-corrected chi connectivity index (χ3v) is 4.45. The number of carbonyl (C=O) groups excluding carboxylic acids is 3. The molecule has 0 saturated carbocycles. The molecule has 2 aromatic carbocycles. The predicted octanol–water partition coefficient (Wildman–Crippen LogP) is 2.35. The molecule has 0 fully saturated rings. The summed E-state index contributed by atoms with van der Waals surface area (Å²) < 4.78 is 5.11. The molecule has 1 amide bonds. The molecule has 0 radical (unpaired) electrons. The Labute approximate surface area is 176 Å². The lowest BCUT2D eigenvalue weighted by Crippen LogP contribution is -2.44. The second-order valence-electron chi connectivity index (χ2n) is 8.10. The van der Waals surface area contributed by atoms with E-state index < -0.39 is 23.3 Å². The number of aromatic hydroxyl groups is 1. The van der Waals surface area contributed by atoms with E-state index in [0.717, 1.165) is 5.56 Å². The number of rotatable bonds is 8. The summed E-state index contributed by atoms with van der Waals surface area (Å²) in [5.74, 6) is -1.31. The van der Waals surface area contributed by atoms with Gasteiger partial charge in [0.25, 0.3) is 0 Å². The van der Waals surface area contributed by atoms with Crippen molar-refractivity contribution in [1.29, 1.82) is 0 Å². The van der Waals surface area contributed by atoms with Gasteiger partial charge in [0.1, 0.15) is 18.9 Å². The number of ether oxygens (including phenoxy) is 1. The predicted molar refractivity (Wildman–Crippen MR) is 113 cm³/mol. The quantitative estimate of drug-likeness (QED) is 0.452. The molecule has 160 valence electrons. The Morgan fingerprint density at radius 1 is 1.10 bits per heavy atom. The van der Waals surface area contributed by atoms with Gasteiger partial charge in [-0.2, -0.15) is 0 Å². The van der Waals surface area contributed by atoms with Gasteiger partial charge in [-0.1, -0.05) is 57.2 Å². The van der Waals surface area contributed by atoms with E-state index in [1.54, 1.807) is 26.8 Å². The van der Waals surface area contributed by atoms with Crippen LogP contribution >= 0.6 is 0 Å². The number of phenols is 1. The number of Topliss-reactive ketones (excluding diaryl/α,β-unsaturated/α-hetero) is 1. The van der Waals surface area contributed by atoms with Crippen molar-refractivity contribution in [3.8, 4) is 5.75 Å². The molecule has 0 aliphatic carbocycles. The second-order valence-corrected chi connectivity index (χ2v) is 8.10. The van der Waals surface area contributed by atoms with Crippen LogP contribution in [0.3, 0.4) is 0 Å². The Morgan fingerprint density at radius 3 is 2.40 bits per heavy atom. The van der Waals surface area contributed by atoms with Crippen LogP contribution in [0.4, 0.5) is 0 Å². The van der Waals surface area contributed by atoms with Crippen molar-refractivity contribution in [3.63, 3.8) is 0 Å². The third kappa shape index (κ3) is 6.70. The summed E-state index contributed by atoms with van der Waals surface area (Å²) in [4.78, 5) is 36.8. The van der Waals surface area contributed by atoms with Gasteiger partial charge in [0.05, 0.1) is 6.04 Å². The molecule has 0 unspecified atom stereocenters. The first-order valence-corrected chi connectivity index (χ1v) is 9.67. The summed E-state index contributed by atoms with van der Waals surface area (Å²) in [6.45, 7) is 5.14. The molecular formula is C23H28N2O5. The molecular weight excluding hydrogens is 384 g/mol. The van der Waals surface area contributed by atoms with Gasteiger partial charge in [-0.3, -0.25) is 14.4 Å². The van der Waals surface area contributed by atoms with Crippen molar-refractivity contribution < 1.29 is 24.2 Å². The standard InChI is InChI=1S/C23H28N2O5/c1-23(2,3)21(28)18-12-17(26)10-9-16(18)11-19(24)22(29)25-13-20(27)30-14-15-7-5-4-6-8-15/h4-10,12,19,26H,11,13-14,24H2,1-3H3,(H,25,29)/t19-/m0/s1. The topological polar surface area (TPSA) is 119 Å². The lowest BCUT2D eigenvalue weighted by atomic mass is 9.83. The highest BCUT2D eigenvalue weighted by Crippen LogP contribution is 2.26. The number of ketones is 1. The lowest BCUT2D eigenvalue weighted by Gasteiger charge is -2.20. The molecule has 7 nitrogen and oxygen atoms in total. The third-order valence-electron chi connectivity index (χ3n) is 4.45. The fraction of sp³-hybridized carbons (Fsp3) is 0.348. The van der Waals surface area contributed by atoms with E-state index in [0.29, 0.717) is 11.1 Å². The summed E-state index contributed by atoms with van der Waals surface area (Å²) in [6, 6.07) is 12.6. The van der Waals surface area contributed by atoms with E-state index >= 15 is 0 Å². The number of amides is 1. The van der Waals surface area contributed by atoms with Crippen molar-refractivity contribution in [2.45, 2.75) is 39.8 Å². The number of nitrogens with one attached hydrogen (secondary N) is 1. The Balaban J connectivity index is 1.93. The van der Waals surface area contributed by atoms with Crippen molar-refractivity contribution in [2.24, 2.45) is 11.1 Å². The van der Waals surface area contributed by atoms with Crippen molar-refractivity contribution >= 4 is 17.7 Å². The van der Waals surface area contributed by atoms with E-state index in [1.165, 1.54) is 12.1 Å². The maximum Gasteiger partial charge on any atom is 0.325 e. The average Bonchev–Trinajstić information content (AvgIpc) is 2.71. The van der Waals surface area contributed by atoms with Gasteiger partial charge in [0, 0.05) is 11.0 Å². The van der Waals surface area contributed by atoms with Gasteiger partial charge in [-0.15, -0.1) is 0 Å². The monoisotopic (exact) mass is 412 g/mol. The minimum Gasteiger partial charge on any atom is -0.508 e. The highest BCUT2D eigenvalue weighted by Gasteiger charge is 2.27. The van der Waals surface area contributed by atoms with E-state index in [2.05, 4.69) is 5.32 Å². The highest BCUT2D eigenvalue weighted by molar-refractivity contribution is 6.01. The van der Waals surface area contributed by atoms with Gasteiger partial charge in [0.15, 0.2) is 5.78 Å². The van der Waals surface area contributed by atoms with Crippen LogP contribution in [-0.4, -0.2) is 35.4 Å². The molecule has 0 saturated heterocycles. The fourth-order valence-electron chi connectivity index (χ4n) is 2.77. The summed E-state index contributed by atoms with van der Waals surface area (Å²) in [5.41, 5.74) is 7.05. The summed E-state index contributed by atoms with van der Waals surface area (Å²) in [6.07, 6.45) is 0.0856. The molecule has 0 heterocycles. The minimum atomic E-state index is -0.969. The van der Waals surface area contributed by atoms with Gasteiger partial charge in [0.2, 0.25) is 5.91 Å². The first kappa shape index (κ1) is 23.1. The number of hydrogen-bond acceptors (Lipinski definition) is 6. The number of hydrogen-bond donors (Lipinski definition) is 3. The van der Waals surface area contributed by atoms with Crippen LogP contribution in [0.5, 0.6) is 5.75 Å². The van der Waals surface area contributed by atoms with E-state index in [9.17, 15) is 19.5 Å². The minimum absolute atomic E-state index is 0.0365. The van der Waals surface area contributed by atoms with Crippen molar-refractivity contribution in [3.05, 3.63) is 65.2 Å². The van der Waals surface area contributed by atoms with Crippen LogP contribution in [0.2, 0.25) is 0 Å². The molecule has 2 aromatic rings. The summed E-state index contributed by atoms with van der Waals surface area (Å²) in [7, 11) is 0. The van der Waals surface area contributed by atoms with Crippen LogP contribution in [0, 0.1) is 5.41 Å².